The predicted octanol–water partition coefficient (Wildman–Crippen LogP) is 0.637. The predicted molar refractivity (Wildman–Crippen MR) is 56.7 cm³/mol. The number of fused-ring (bicyclic) bond motifs is 1. The van der Waals surface area contributed by atoms with Gasteiger partial charge in [-0.2, -0.15) is 9.40 Å². The summed E-state index contributed by atoms with van der Waals surface area (Å²) in [6, 6.07) is 0. The Labute approximate surface area is 89.5 Å². The first-order chi connectivity index (χ1) is 7.08. The number of nitrogens with zero attached hydrogens (tertiary/aromatic N) is 2. The Balaban J connectivity index is 2.27. The fourth-order valence-corrected chi connectivity index (χ4v) is 2.86. The molecule has 0 radical (unpaired) electrons. The van der Waals surface area contributed by atoms with Crippen LogP contribution < -0.4 is 0 Å². The van der Waals surface area contributed by atoms with Crippen LogP contribution in [-0.4, -0.2) is 28.7 Å². The highest BCUT2D eigenvalue weighted by molar-refractivity contribution is 7.89. The maximum absolute atomic E-state index is 11.7. The molecule has 6 heteroatoms. The number of aryl methyl sites for hydroxylation is 1. The summed E-state index contributed by atoms with van der Waals surface area (Å²) in [5.41, 5.74) is 3.00. The van der Waals surface area contributed by atoms with Crippen LogP contribution in [0.3, 0.4) is 0 Å². The zero-order chi connectivity index (χ0) is 11.1. The molecule has 0 atom stereocenters. The van der Waals surface area contributed by atoms with Gasteiger partial charge in [0.25, 0.3) is 0 Å². The first-order valence-corrected chi connectivity index (χ1v) is 6.72. The quantitative estimate of drug-likeness (QED) is 0.827. The molecule has 0 spiro atoms. The second-order valence-electron chi connectivity index (χ2n) is 3.65. The molecule has 2 heterocycles. The molecule has 1 aromatic rings. The molecular weight excluding hydrogens is 214 g/mol. The second-order valence-corrected chi connectivity index (χ2v) is 5.91. The minimum atomic E-state index is -3.07. The van der Waals surface area contributed by atoms with Gasteiger partial charge in [-0.25, -0.2) is 8.42 Å². The van der Waals surface area contributed by atoms with E-state index in [1.165, 1.54) is 4.31 Å². The third-order valence-electron chi connectivity index (χ3n) is 2.80. The molecule has 0 unspecified atom stereocenters. The van der Waals surface area contributed by atoms with Crippen LogP contribution in [0.5, 0.6) is 0 Å². The van der Waals surface area contributed by atoms with Crippen molar-refractivity contribution in [1.29, 1.82) is 0 Å². The lowest BCUT2D eigenvalue weighted by Crippen LogP contribution is -2.27. The number of aromatic nitrogens is 2. The summed E-state index contributed by atoms with van der Waals surface area (Å²) >= 11 is 0. The van der Waals surface area contributed by atoms with Crippen LogP contribution in [0.1, 0.15) is 30.8 Å². The number of H-pyrrole nitrogens is 1. The number of hydrogen-bond donors (Lipinski definition) is 1. The van der Waals surface area contributed by atoms with Gasteiger partial charge in [-0.05, 0) is 13.3 Å². The number of sulfonamides is 1. The second kappa shape index (κ2) is 3.61. The molecule has 0 aromatic carbocycles. The molecule has 5 nitrogen and oxygen atoms in total. The Morgan fingerprint density at radius 1 is 1.40 bits per heavy atom. The van der Waals surface area contributed by atoms with Gasteiger partial charge in [-0.15, -0.1) is 0 Å². The van der Waals surface area contributed by atoms with Crippen LogP contribution in [0.15, 0.2) is 0 Å². The molecule has 1 aromatic heterocycles. The third kappa shape index (κ3) is 1.68. The van der Waals surface area contributed by atoms with Crippen LogP contribution in [0.2, 0.25) is 0 Å². The van der Waals surface area contributed by atoms with Crippen LogP contribution in [0, 0.1) is 0 Å². The third-order valence-corrected chi connectivity index (χ3v) is 4.58. The average Bonchev–Trinajstić information content (AvgIpc) is 2.76. The van der Waals surface area contributed by atoms with E-state index in [4.69, 9.17) is 0 Å². The van der Waals surface area contributed by atoms with Gasteiger partial charge >= 0.3 is 0 Å². The molecular formula is C9H15N3O2S. The minimum absolute atomic E-state index is 0.159. The highest BCUT2D eigenvalue weighted by atomic mass is 32.2. The van der Waals surface area contributed by atoms with E-state index < -0.39 is 10.0 Å². The lowest BCUT2D eigenvalue weighted by Gasteiger charge is -2.13. The molecule has 1 N–H and O–H groups in total. The highest BCUT2D eigenvalue weighted by Gasteiger charge is 2.30. The topological polar surface area (TPSA) is 66.1 Å². The summed E-state index contributed by atoms with van der Waals surface area (Å²) in [7, 11) is -3.07. The highest BCUT2D eigenvalue weighted by Crippen LogP contribution is 2.26. The molecule has 0 bridgehead atoms. The van der Waals surface area contributed by atoms with Crippen LogP contribution in [0.25, 0.3) is 0 Å². The van der Waals surface area contributed by atoms with Gasteiger partial charge in [0.05, 0.1) is 23.7 Å². The van der Waals surface area contributed by atoms with E-state index in [0.717, 1.165) is 23.4 Å². The average molecular weight is 229 g/mol. The summed E-state index contributed by atoms with van der Waals surface area (Å²) in [5, 5.41) is 7.06. The van der Waals surface area contributed by atoms with Crippen LogP contribution in [-0.2, 0) is 29.5 Å². The van der Waals surface area contributed by atoms with Crippen LogP contribution in [0.4, 0.5) is 0 Å². The Hall–Kier alpha value is -0.880. The van der Waals surface area contributed by atoms with E-state index in [-0.39, 0.29) is 5.75 Å². The van der Waals surface area contributed by atoms with Crippen molar-refractivity contribution in [2.24, 2.45) is 0 Å². The molecule has 0 saturated heterocycles. The van der Waals surface area contributed by atoms with Crippen molar-refractivity contribution < 1.29 is 8.42 Å². The van der Waals surface area contributed by atoms with Gasteiger partial charge in [-0.1, -0.05) is 6.92 Å². The maximum Gasteiger partial charge on any atom is 0.214 e. The van der Waals surface area contributed by atoms with Gasteiger partial charge in [-0.3, -0.25) is 5.10 Å². The molecule has 0 saturated carbocycles. The Bertz CT molecular complexity index is 464. The Morgan fingerprint density at radius 3 is 2.73 bits per heavy atom. The Kier molecular flexibility index (Phi) is 2.56. The van der Waals surface area contributed by atoms with E-state index in [9.17, 15) is 8.42 Å². The Morgan fingerprint density at radius 2 is 2.13 bits per heavy atom. The normalized spacial score (nSPS) is 16.9. The van der Waals surface area contributed by atoms with Crippen molar-refractivity contribution >= 4 is 10.0 Å². The molecule has 15 heavy (non-hydrogen) atoms. The van der Waals surface area contributed by atoms with E-state index in [0.29, 0.717) is 13.1 Å². The van der Waals surface area contributed by atoms with Crippen molar-refractivity contribution in [3.63, 3.8) is 0 Å². The SMILES string of the molecule is CCc1n[nH]c2c1CN(S(=O)(=O)CC)C2. The lowest BCUT2D eigenvalue weighted by atomic mass is 10.2. The molecule has 1 aliphatic rings. The van der Waals surface area contributed by atoms with Crippen molar-refractivity contribution in [2.75, 3.05) is 5.75 Å². The number of rotatable bonds is 3. The summed E-state index contributed by atoms with van der Waals surface area (Å²) in [5.74, 6) is 0.159. The van der Waals surface area contributed by atoms with Crippen molar-refractivity contribution in [2.45, 2.75) is 33.4 Å². The van der Waals surface area contributed by atoms with E-state index in [1.54, 1.807) is 6.92 Å². The van der Waals surface area contributed by atoms with Gasteiger partial charge in [0.15, 0.2) is 0 Å². The first-order valence-electron chi connectivity index (χ1n) is 5.11. The van der Waals surface area contributed by atoms with Crippen molar-refractivity contribution in [3.8, 4) is 0 Å². The molecule has 0 amide bonds. The lowest BCUT2D eigenvalue weighted by molar-refractivity contribution is 0.427. The van der Waals surface area contributed by atoms with E-state index >= 15 is 0 Å². The molecule has 0 aliphatic carbocycles. The zero-order valence-corrected chi connectivity index (χ0v) is 9.76. The largest absolute Gasteiger partial charge is 0.281 e. The summed E-state index contributed by atoms with van der Waals surface area (Å²) < 4.78 is 24.8. The fraction of sp³-hybridized carbons (Fsp3) is 0.667. The molecule has 1 aliphatic heterocycles. The van der Waals surface area contributed by atoms with Gasteiger partial charge in [0, 0.05) is 12.1 Å². The molecule has 0 fully saturated rings. The number of nitrogens with one attached hydrogen (secondary N) is 1. The van der Waals surface area contributed by atoms with Gasteiger partial charge in [0.2, 0.25) is 10.0 Å². The van der Waals surface area contributed by atoms with Gasteiger partial charge < -0.3 is 0 Å². The minimum Gasteiger partial charge on any atom is -0.281 e. The summed E-state index contributed by atoms with van der Waals surface area (Å²) in [4.78, 5) is 0. The zero-order valence-electron chi connectivity index (χ0n) is 8.95. The number of aromatic amines is 1. The fourth-order valence-electron chi connectivity index (χ4n) is 1.84. The summed E-state index contributed by atoms with van der Waals surface area (Å²) in [6.45, 7) is 4.61. The van der Waals surface area contributed by atoms with Crippen molar-refractivity contribution in [1.82, 2.24) is 14.5 Å². The molecule has 2 rings (SSSR count). The molecule has 84 valence electrons. The van der Waals surface area contributed by atoms with Gasteiger partial charge in [0.1, 0.15) is 0 Å². The van der Waals surface area contributed by atoms with Crippen LogP contribution >= 0.6 is 0 Å². The monoisotopic (exact) mass is 229 g/mol. The van der Waals surface area contributed by atoms with E-state index in [2.05, 4.69) is 10.2 Å². The standard InChI is InChI=1S/C9H15N3O2S/c1-3-8-7-5-12(15(13,14)4-2)6-9(7)11-10-8/h3-6H2,1-2H3,(H,10,11). The van der Waals surface area contributed by atoms with Crippen molar-refractivity contribution in [3.05, 3.63) is 17.0 Å². The summed E-state index contributed by atoms with van der Waals surface area (Å²) in [6.07, 6.45) is 0.839. The first kappa shape index (κ1) is 10.6. The van der Waals surface area contributed by atoms with E-state index in [1.807, 2.05) is 6.92 Å². The smallest absolute Gasteiger partial charge is 0.214 e. The number of hydrogen-bond acceptors (Lipinski definition) is 3. The maximum atomic E-state index is 11.7.